The lowest BCUT2D eigenvalue weighted by Gasteiger charge is -2.23. The van der Waals surface area contributed by atoms with Crippen molar-refractivity contribution in [3.8, 4) is 44.5 Å². The molecule has 0 fully saturated rings. The summed E-state index contributed by atoms with van der Waals surface area (Å²) in [7, 11) is 0. The van der Waals surface area contributed by atoms with E-state index in [0.29, 0.717) is 37.9 Å². The molecule has 8 aromatic rings. The Balaban J connectivity index is 0.000000255. The largest absolute Gasteiger partial charge is 0.478 e. The van der Waals surface area contributed by atoms with Gasteiger partial charge in [-0.1, -0.05) is 231 Å². The van der Waals surface area contributed by atoms with Crippen molar-refractivity contribution in [2.45, 2.75) is 176 Å². The van der Waals surface area contributed by atoms with Gasteiger partial charge in [-0.25, -0.2) is 28.8 Å². The van der Waals surface area contributed by atoms with E-state index in [4.69, 9.17) is 28.8 Å². The first-order valence-corrected chi connectivity index (χ1v) is 35.6. The number of carbonyl (C=O) groups excluding carboxylic acids is 5. The van der Waals surface area contributed by atoms with Crippen molar-refractivity contribution >= 4 is 36.3 Å². The average molecular weight is 1450 g/mol. The molecule has 4 atom stereocenters. The van der Waals surface area contributed by atoms with Crippen molar-refractivity contribution in [2.24, 2.45) is 0 Å². The molecule has 0 saturated heterocycles. The molecule has 0 saturated carbocycles. The van der Waals surface area contributed by atoms with Crippen LogP contribution >= 0.6 is 0 Å². The molecule has 0 radical (unpaired) electrons. The number of aliphatic carboxylic acids is 1. The average Bonchev–Trinajstić information content (AvgIpc) is 0.872. The molecule has 0 aliphatic rings. The highest BCUT2D eigenvalue weighted by molar-refractivity contribution is 5.88. The number of carbonyl (C=O) groups is 6. The molecule has 18 nitrogen and oxygen atoms in total. The van der Waals surface area contributed by atoms with Gasteiger partial charge in [0.05, 0.1) is 44.0 Å². The maximum absolute atomic E-state index is 12.3. The summed E-state index contributed by atoms with van der Waals surface area (Å²) in [5.41, 5.74) is 11.5. The molecule has 8 rings (SSSR count). The Kier molecular flexibility index (Phi) is 34.2. The maximum Gasteiger partial charge on any atom is 0.408 e. The molecule has 18 heteroatoms. The number of nitrogens with one attached hydrogen (secondary N) is 4. The highest BCUT2D eigenvalue weighted by atomic mass is 16.6. The fourth-order valence-corrected chi connectivity index (χ4v) is 10.4. The Morgan fingerprint density at radius 3 is 0.792 bits per heavy atom. The van der Waals surface area contributed by atoms with Crippen LogP contribution in [0.4, 0.5) is 19.2 Å². The van der Waals surface area contributed by atoms with Gasteiger partial charge < -0.3 is 60.3 Å². The number of esters is 1. The standard InChI is InChI=1S/C25H31NO4.C23H27NO4.2C20H25NO3/c1-6-29-23(27)18(2)16-22(26-24(28)30-25(3,4)5)17-19-12-14-21(15-13-19)20-10-8-7-9-11-20;1-16(21(25)26)14-20(24-22(27)28-23(2,3)4)15-17-10-12-19(13-11-17)18-8-6-5-7-9-18;2*1-20(2,3)24-19(23)21-18(14-22)13-15-9-11-17(12-10-15)16-7-5-4-6-8-16/h7-16,22H,6,17H2,1-5H3,(H,26,28);5-14,20H,15H2,1-4H3,(H,24,27)(H,25,26);2*4-12,18,22H,13-14H2,1-3H3,(H,21,23)/b18-16+;16-14+;;/t22-;20-;2*18-/m0011/s1. The normalized spacial score (nSPS) is 12.7. The Morgan fingerprint density at radius 2 is 0.566 bits per heavy atom. The summed E-state index contributed by atoms with van der Waals surface area (Å²) in [6, 6.07) is 71.2. The van der Waals surface area contributed by atoms with Gasteiger partial charge in [-0.3, -0.25) is 0 Å². The van der Waals surface area contributed by atoms with Gasteiger partial charge in [-0.05, 0) is 196 Å². The summed E-state index contributed by atoms with van der Waals surface area (Å²) in [6.45, 7) is 26.6. The fourth-order valence-electron chi connectivity index (χ4n) is 10.4. The van der Waals surface area contributed by atoms with Crippen molar-refractivity contribution in [2.75, 3.05) is 19.8 Å². The van der Waals surface area contributed by atoms with Crippen LogP contribution in [0.25, 0.3) is 44.5 Å². The van der Waals surface area contributed by atoms with Gasteiger partial charge >= 0.3 is 36.3 Å². The van der Waals surface area contributed by atoms with Crippen molar-refractivity contribution in [3.63, 3.8) is 0 Å². The predicted molar refractivity (Wildman–Crippen MR) is 421 cm³/mol. The van der Waals surface area contributed by atoms with Gasteiger partial charge in [0.2, 0.25) is 0 Å². The number of hydrogen-bond acceptors (Lipinski definition) is 13. The van der Waals surface area contributed by atoms with E-state index in [1.807, 2.05) is 232 Å². The third-order valence-corrected chi connectivity index (χ3v) is 15.2. The van der Waals surface area contributed by atoms with Crippen molar-refractivity contribution in [1.82, 2.24) is 21.3 Å². The first kappa shape index (κ1) is 85.8. The number of hydrogen-bond donors (Lipinski definition) is 7. The van der Waals surface area contributed by atoms with E-state index in [1.165, 1.54) is 13.0 Å². The molecule has 0 heterocycles. The summed E-state index contributed by atoms with van der Waals surface area (Å²) < 4.78 is 26.2. The summed E-state index contributed by atoms with van der Waals surface area (Å²) in [5, 5.41) is 39.2. The maximum atomic E-state index is 12.3. The quantitative estimate of drug-likeness (QED) is 0.0179. The molecule has 8 aromatic carbocycles. The van der Waals surface area contributed by atoms with E-state index in [-0.39, 0.29) is 30.9 Å². The topological polar surface area (TPSA) is 257 Å². The van der Waals surface area contributed by atoms with Crippen LogP contribution in [0.2, 0.25) is 0 Å². The van der Waals surface area contributed by atoms with Gasteiger partial charge in [-0.2, -0.15) is 0 Å². The molecule has 0 aliphatic heterocycles. The minimum Gasteiger partial charge on any atom is -0.478 e. The second-order valence-corrected chi connectivity index (χ2v) is 29.4. The Morgan fingerprint density at radius 1 is 0.340 bits per heavy atom. The van der Waals surface area contributed by atoms with Gasteiger partial charge in [0.1, 0.15) is 22.4 Å². The number of ether oxygens (including phenoxy) is 5. The molecule has 4 amide bonds. The summed E-state index contributed by atoms with van der Waals surface area (Å²) >= 11 is 0. The lowest BCUT2D eigenvalue weighted by atomic mass is 10.00. The molecule has 0 bridgehead atoms. The number of alkyl carbamates (subject to hydrolysis) is 4. The third-order valence-electron chi connectivity index (χ3n) is 15.2. The van der Waals surface area contributed by atoms with E-state index in [9.17, 15) is 39.0 Å². The smallest absolute Gasteiger partial charge is 0.408 e. The van der Waals surface area contributed by atoms with Crippen molar-refractivity contribution in [3.05, 3.63) is 264 Å². The molecular weight excluding hydrogens is 1340 g/mol. The Labute approximate surface area is 626 Å². The predicted octanol–water partition coefficient (Wildman–Crippen LogP) is 17.7. The number of benzene rings is 8. The van der Waals surface area contributed by atoms with Crippen LogP contribution in [-0.4, -0.2) is 118 Å². The molecule has 0 spiro atoms. The van der Waals surface area contributed by atoms with Crippen LogP contribution < -0.4 is 21.3 Å². The zero-order valence-corrected chi connectivity index (χ0v) is 64.0. The van der Waals surface area contributed by atoms with Crippen LogP contribution in [0.1, 0.15) is 126 Å². The molecule has 0 unspecified atom stereocenters. The minimum atomic E-state index is -1.02. The van der Waals surface area contributed by atoms with Gasteiger partial charge in [0, 0.05) is 11.1 Å². The number of carboxylic acid groups (broad SMARTS) is 1. The van der Waals surface area contributed by atoms with Crippen LogP contribution in [0, 0.1) is 0 Å². The number of aliphatic hydroxyl groups excluding tert-OH is 2. The van der Waals surface area contributed by atoms with Crippen LogP contribution in [0.15, 0.2) is 242 Å². The van der Waals surface area contributed by atoms with Crippen LogP contribution in [0.5, 0.6) is 0 Å². The highest BCUT2D eigenvalue weighted by Crippen LogP contribution is 2.25. The Bertz CT molecular complexity index is 3930. The molecule has 0 aromatic heterocycles. The first-order chi connectivity index (χ1) is 50.1. The van der Waals surface area contributed by atoms with Crippen LogP contribution in [0.3, 0.4) is 0 Å². The van der Waals surface area contributed by atoms with E-state index < -0.39 is 70.8 Å². The second-order valence-electron chi connectivity index (χ2n) is 29.4. The lowest BCUT2D eigenvalue weighted by molar-refractivity contribution is -0.138. The zero-order chi connectivity index (χ0) is 78.0. The number of amides is 4. The van der Waals surface area contributed by atoms with E-state index >= 15 is 0 Å². The lowest BCUT2D eigenvalue weighted by Crippen LogP contribution is -2.42. The fraction of sp³-hybridized carbons (Fsp3) is 0.341. The first-order valence-electron chi connectivity index (χ1n) is 35.6. The molecule has 0 aliphatic carbocycles. The molecule has 564 valence electrons. The van der Waals surface area contributed by atoms with Crippen molar-refractivity contribution in [1.29, 1.82) is 0 Å². The van der Waals surface area contributed by atoms with E-state index in [1.54, 1.807) is 40.7 Å². The minimum absolute atomic E-state index is 0.139. The highest BCUT2D eigenvalue weighted by Gasteiger charge is 2.24. The third kappa shape index (κ3) is 34.2. The summed E-state index contributed by atoms with van der Waals surface area (Å²) in [4.78, 5) is 71.3. The number of rotatable bonds is 23. The van der Waals surface area contributed by atoms with E-state index in [0.717, 1.165) is 66.8 Å². The summed E-state index contributed by atoms with van der Waals surface area (Å²) in [6.07, 6.45) is 3.20. The number of aliphatic hydroxyl groups is 2. The molecule has 7 N–H and O–H groups in total. The SMILES string of the molecule is C/C(=C\[C@@H](Cc1ccc(-c2ccccc2)cc1)NC(=O)OC(C)(C)C)C(=O)O.CC(C)(C)OC(=O)N[C@@H](CO)Cc1ccc(-c2ccccc2)cc1.CC(C)(C)OC(=O)N[C@@H](CO)Cc1ccc(-c2ccccc2)cc1.CCOC(=O)/C(C)=C/[C@@H](Cc1ccc(-c2ccccc2)cc1)NC(=O)OC(C)(C)C. The second kappa shape index (κ2) is 42.2. The molecule has 106 heavy (non-hydrogen) atoms. The Hall–Kier alpha value is -10.8. The van der Waals surface area contributed by atoms with Crippen molar-refractivity contribution < 1.29 is 67.8 Å². The zero-order valence-electron chi connectivity index (χ0n) is 64.0. The number of carboxylic acids is 1. The van der Waals surface area contributed by atoms with Crippen LogP contribution in [-0.2, 0) is 59.0 Å². The van der Waals surface area contributed by atoms with E-state index in [2.05, 4.69) is 69.8 Å². The van der Waals surface area contributed by atoms with Gasteiger partial charge in [0.15, 0.2) is 0 Å². The molecular formula is C88H108N4O14. The monoisotopic (exact) mass is 1440 g/mol. The van der Waals surface area contributed by atoms with Gasteiger partial charge in [-0.15, -0.1) is 0 Å². The van der Waals surface area contributed by atoms with Gasteiger partial charge in [0.25, 0.3) is 0 Å². The summed E-state index contributed by atoms with van der Waals surface area (Å²) in [5.74, 6) is -1.41.